The van der Waals surface area contributed by atoms with Gasteiger partial charge in [0.25, 0.3) is 0 Å². The maximum Gasteiger partial charge on any atom is 0.143 e. The average Bonchev–Trinajstić information content (AvgIpc) is 2.54. The van der Waals surface area contributed by atoms with Crippen molar-refractivity contribution in [2.45, 2.75) is 13.8 Å². The van der Waals surface area contributed by atoms with Gasteiger partial charge in [0.2, 0.25) is 0 Å². The second kappa shape index (κ2) is 3.86. The van der Waals surface area contributed by atoms with E-state index in [1.165, 1.54) is 0 Å². The molecule has 0 saturated heterocycles. The highest BCUT2D eigenvalue weighted by atomic mass is 16.3. The number of fused-ring (bicyclic) bond motifs is 1. The number of aryl methyl sites for hydroxylation is 2. The molecule has 5 heteroatoms. The van der Waals surface area contributed by atoms with E-state index in [9.17, 15) is 0 Å². The Morgan fingerprint density at radius 3 is 2.93 bits per heavy atom. The zero-order valence-corrected chi connectivity index (χ0v) is 8.83. The maximum atomic E-state index is 8.76. The highest BCUT2D eigenvalue weighted by molar-refractivity contribution is 5.87. The number of rotatable bonds is 3. The molecule has 0 radical (unpaired) electrons. The fourth-order valence-electron chi connectivity index (χ4n) is 1.56. The molecule has 2 rings (SSSR count). The smallest absolute Gasteiger partial charge is 0.143 e. The van der Waals surface area contributed by atoms with Crippen LogP contribution in [0.5, 0.6) is 0 Å². The molecular weight excluding hydrogens is 192 g/mol. The molecule has 80 valence electrons. The standard InChI is InChI=1S/C10H14N4O/c1-6-5-8-9(11-3-4-15)13-7(2)14-10(8)12-6/h5,15H,3-4H2,1-2H3,(H2,11,12,13,14). The molecule has 2 aromatic rings. The van der Waals surface area contributed by atoms with Crippen molar-refractivity contribution in [1.82, 2.24) is 15.0 Å². The van der Waals surface area contributed by atoms with Crippen LogP contribution >= 0.6 is 0 Å². The Morgan fingerprint density at radius 1 is 1.40 bits per heavy atom. The zero-order valence-electron chi connectivity index (χ0n) is 8.83. The molecule has 0 saturated carbocycles. The summed E-state index contributed by atoms with van der Waals surface area (Å²) in [5.74, 6) is 1.49. The lowest BCUT2D eigenvalue weighted by molar-refractivity contribution is 0.311. The SMILES string of the molecule is Cc1nc(NCCO)c2cc(C)[nH]c2n1. The van der Waals surface area contributed by atoms with Crippen LogP contribution in [0, 0.1) is 13.8 Å². The fraction of sp³-hybridized carbons (Fsp3) is 0.400. The van der Waals surface area contributed by atoms with Gasteiger partial charge in [-0.15, -0.1) is 0 Å². The summed E-state index contributed by atoms with van der Waals surface area (Å²) in [6, 6.07) is 1.99. The van der Waals surface area contributed by atoms with Gasteiger partial charge in [-0.1, -0.05) is 0 Å². The first kappa shape index (κ1) is 9.92. The van der Waals surface area contributed by atoms with E-state index >= 15 is 0 Å². The van der Waals surface area contributed by atoms with Crippen LogP contribution < -0.4 is 5.32 Å². The Morgan fingerprint density at radius 2 is 2.20 bits per heavy atom. The zero-order chi connectivity index (χ0) is 10.8. The van der Waals surface area contributed by atoms with Crippen LogP contribution in [0.3, 0.4) is 0 Å². The monoisotopic (exact) mass is 206 g/mol. The molecule has 2 heterocycles. The minimum atomic E-state index is 0.0912. The summed E-state index contributed by atoms with van der Waals surface area (Å²) in [6.07, 6.45) is 0. The fourth-order valence-corrected chi connectivity index (χ4v) is 1.56. The Labute approximate surface area is 87.6 Å². The summed E-state index contributed by atoms with van der Waals surface area (Å²) in [5.41, 5.74) is 1.89. The van der Waals surface area contributed by atoms with E-state index in [2.05, 4.69) is 20.3 Å². The van der Waals surface area contributed by atoms with Crippen molar-refractivity contribution in [2.24, 2.45) is 0 Å². The van der Waals surface area contributed by atoms with Crippen molar-refractivity contribution in [3.05, 3.63) is 17.6 Å². The van der Waals surface area contributed by atoms with Crippen molar-refractivity contribution in [2.75, 3.05) is 18.5 Å². The lowest BCUT2D eigenvalue weighted by atomic mass is 10.3. The molecule has 0 atom stereocenters. The number of nitrogens with zero attached hydrogens (tertiary/aromatic N) is 2. The van der Waals surface area contributed by atoms with Crippen LogP contribution in [0.15, 0.2) is 6.07 Å². The Bertz CT molecular complexity index is 477. The first-order chi connectivity index (χ1) is 7.20. The van der Waals surface area contributed by atoms with Crippen molar-refractivity contribution in [1.29, 1.82) is 0 Å². The summed E-state index contributed by atoms with van der Waals surface area (Å²) in [4.78, 5) is 11.8. The summed E-state index contributed by atoms with van der Waals surface area (Å²) in [5, 5.41) is 12.8. The summed E-state index contributed by atoms with van der Waals surface area (Å²) < 4.78 is 0. The van der Waals surface area contributed by atoms with Crippen molar-refractivity contribution in [3.8, 4) is 0 Å². The van der Waals surface area contributed by atoms with Gasteiger partial charge in [0.05, 0.1) is 12.0 Å². The number of hydrogen-bond donors (Lipinski definition) is 3. The summed E-state index contributed by atoms with van der Waals surface area (Å²) in [6.45, 7) is 4.41. The van der Waals surface area contributed by atoms with Crippen molar-refractivity contribution < 1.29 is 5.11 Å². The lowest BCUT2D eigenvalue weighted by Gasteiger charge is -2.05. The number of aromatic amines is 1. The predicted octanol–water partition coefficient (Wildman–Crippen LogP) is 0.979. The number of aliphatic hydroxyl groups excluding tert-OH is 1. The molecule has 2 aromatic heterocycles. The molecule has 15 heavy (non-hydrogen) atoms. The van der Waals surface area contributed by atoms with E-state index in [1.54, 1.807) is 0 Å². The third kappa shape index (κ3) is 1.92. The number of anilines is 1. The number of aliphatic hydroxyl groups is 1. The van der Waals surface area contributed by atoms with E-state index in [4.69, 9.17) is 5.11 Å². The number of H-pyrrole nitrogens is 1. The van der Waals surface area contributed by atoms with Gasteiger partial charge < -0.3 is 15.4 Å². The predicted molar refractivity (Wildman–Crippen MR) is 58.9 cm³/mol. The normalized spacial score (nSPS) is 10.9. The largest absolute Gasteiger partial charge is 0.395 e. The quantitative estimate of drug-likeness (QED) is 0.699. The Kier molecular flexibility index (Phi) is 2.55. The lowest BCUT2D eigenvalue weighted by Crippen LogP contribution is -2.08. The molecule has 5 nitrogen and oxygen atoms in total. The molecule has 0 bridgehead atoms. The van der Waals surface area contributed by atoms with Gasteiger partial charge in [0, 0.05) is 12.2 Å². The van der Waals surface area contributed by atoms with Gasteiger partial charge in [0.1, 0.15) is 17.3 Å². The number of aromatic nitrogens is 3. The minimum absolute atomic E-state index is 0.0912. The van der Waals surface area contributed by atoms with Crippen LogP contribution in [0.25, 0.3) is 11.0 Å². The third-order valence-electron chi connectivity index (χ3n) is 2.14. The van der Waals surface area contributed by atoms with Gasteiger partial charge in [-0.25, -0.2) is 9.97 Å². The molecule has 0 spiro atoms. The summed E-state index contributed by atoms with van der Waals surface area (Å²) in [7, 11) is 0. The number of hydrogen-bond acceptors (Lipinski definition) is 4. The molecular formula is C10H14N4O. The van der Waals surface area contributed by atoms with Gasteiger partial charge >= 0.3 is 0 Å². The van der Waals surface area contributed by atoms with Crippen molar-refractivity contribution >= 4 is 16.9 Å². The van der Waals surface area contributed by atoms with Crippen LogP contribution in [-0.4, -0.2) is 33.2 Å². The second-order valence-corrected chi connectivity index (χ2v) is 3.48. The van der Waals surface area contributed by atoms with Crippen LogP contribution in [0.1, 0.15) is 11.5 Å². The third-order valence-corrected chi connectivity index (χ3v) is 2.14. The maximum absolute atomic E-state index is 8.76. The van der Waals surface area contributed by atoms with Crippen LogP contribution in [-0.2, 0) is 0 Å². The molecule has 0 unspecified atom stereocenters. The van der Waals surface area contributed by atoms with E-state index in [0.717, 1.165) is 22.5 Å². The summed E-state index contributed by atoms with van der Waals surface area (Å²) >= 11 is 0. The molecule has 0 aromatic carbocycles. The van der Waals surface area contributed by atoms with Crippen LogP contribution in [0.2, 0.25) is 0 Å². The van der Waals surface area contributed by atoms with Gasteiger partial charge in [-0.2, -0.15) is 0 Å². The van der Waals surface area contributed by atoms with E-state index < -0.39 is 0 Å². The van der Waals surface area contributed by atoms with Gasteiger partial charge in [-0.3, -0.25) is 0 Å². The number of nitrogens with one attached hydrogen (secondary N) is 2. The first-order valence-electron chi connectivity index (χ1n) is 4.89. The van der Waals surface area contributed by atoms with Crippen LogP contribution in [0.4, 0.5) is 5.82 Å². The Balaban J connectivity index is 2.50. The Hall–Kier alpha value is -1.62. The van der Waals surface area contributed by atoms with E-state index in [-0.39, 0.29) is 6.61 Å². The topological polar surface area (TPSA) is 73.8 Å². The molecule has 0 aliphatic heterocycles. The molecule has 3 N–H and O–H groups in total. The molecule has 0 amide bonds. The van der Waals surface area contributed by atoms with E-state index in [0.29, 0.717) is 12.4 Å². The molecule has 0 aliphatic rings. The molecule has 0 fully saturated rings. The average molecular weight is 206 g/mol. The first-order valence-corrected chi connectivity index (χ1v) is 4.89. The minimum Gasteiger partial charge on any atom is -0.395 e. The highest BCUT2D eigenvalue weighted by Gasteiger charge is 2.07. The van der Waals surface area contributed by atoms with Crippen molar-refractivity contribution in [3.63, 3.8) is 0 Å². The molecule has 0 aliphatic carbocycles. The van der Waals surface area contributed by atoms with Gasteiger partial charge in [-0.05, 0) is 19.9 Å². The van der Waals surface area contributed by atoms with E-state index in [1.807, 2.05) is 19.9 Å². The second-order valence-electron chi connectivity index (χ2n) is 3.48. The highest BCUT2D eigenvalue weighted by Crippen LogP contribution is 2.20. The van der Waals surface area contributed by atoms with Gasteiger partial charge in [0.15, 0.2) is 0 Å².